The van der Waals surface area contributed by atoms with E-state index in [1.54, 1.807) is 0 Å². The van der Waals surface area contributed by atoms with Gasteiger partial charge in [-0.2, -0.15) is 0 Å². The number of amides is 2. The lowest BCUT2D eigenvalue weighted by molar-refractivity contribution is -0.137. The largest absolute Gasteiger partial charge is 0.392 e. The Morgan fingerprint density at radius 2 is 1.93 bits per heavy atom. The molecule has 0 unspecified atom stereocenters. The van der Waals surface area contributed by atoms with Gasteiger partial charge < -0.3 is 15.3 Å². The van der Waals surface area contributed by atoms with Gasteiger partial charge in [-0.3, -0.25) is 9.59 Å². The average molecular weight is 370 g/mol. The van der Waals surface area contributed by atoms with E-state index in [-0.39, 0.29) is 36.2 Å². The lowest BCUT2D eigenvalue weighted by Crippen LogP contribution is -2.49. The lowest BCUT2D eigenvalue weighted by atomic mass is 9.76. The molecular formula is C22H30N2O3. The molecule has 1 aliphatic heterocycles. The first-order chi connectivity index (χ1) is 13.1. The summed E-state index contributed by atoms with van der Waals surface area (Å²) in [6.45, 7) is 1.40. The number of nitrogens with zero attached hydrogens (tertiary/aromatic N) is 1. The number of aliphatic hydroxyl groups is 1. The van der Waals surface area contributed by atoms with E-state index in [0.717, 1.165) is 57.2 Å². The Hall–Kier alpha value is -1.88. The highest BCUT2D eigenvalue weighted by Gasteiger charge is 2.45. The fourth-order valence-corrected chi connectivity index (χ4v) is 5.22. The minimum Gasteiger partial charge on any atom is -0.392 e. The molecule has 3 aliphatic rings. The lowest BCUT2D eigenvalue weighted by Gasteiger charge is -2.42. The van der Waals surface area contributed by atoms with Crippen molar-refractivity contribution in [2.75, 3.05) is 18.4 Å². The van der Waals surface area contributed by atoms with Crippen LogP contribution in [-0.4, -0.2) is 41.0 Å². The van der Waals surface area contributed by atoms with E-state index in [4.69, 9.17) is 0 Å². The van der Waals surface area contributed by atoms with Gasteiger partial charge in [0, 0.05) is 37.0 Å². The van der Waals surface area contributed by atoms with E-state index >= 15 is 0 Å². The van der Waals surface area contributed by atoms with E-state index in [1.165, 1.54) is 17.5 Å². The molecule has 2 amide bonds. The Labute approximate surface area is 161 Å². The molecule has 146 valence electrons. The number of aliphatic hydroxyl groups excluding tert-OH is 1. The third-order valence-corrected chi connectivity index (χ3v) is 6.77. The maximum Gasteiger partial charge on any atom is 0.224 e. The molecule has 0 aromatic heterocycles. The van der Waals surface area contributed by atoms with Crippen molar-refractivity contribution in [2.24, 2.45) is 5.41 Å². The molecule has 27 heavy (non-hydrogen) atoms. The molecule has 1 aromatic rings. The summed E-state index contributed by atoms with van der Waals surface area (Å²) in [5, 5.41) is 13.3. The summed E-state index contributed by atoms with van der Waals surface area (Å²) in [5.41, 5.74) is 3.45. The third-order valence-electron chi connectivity index (χ3n) is 6.77. The Morgan fingerprint density at radius 3 is 2.74 bits per heavy atom. The molecule has 5 heteroatoms. The van der Waals surface area contributed by atoms with Gasteiger partial charge in [-0.25, -0.2) is 0 Å². The summed E-state index contributed by atoms with van der Waals surface area (Å²) < 4.78 is 0. The number of nitrogens with one attached hydrogen (secondary N) is 1. The highest BCUT2D eigenvalue weighted by molar-refractivity contribution is 5.93. The summed E-state index contributed by atoms with van der Waals surface area (Å²) in [6, 6.07) is 6.13. The minimum atomic E-state index is -0.281. The number of rotatable bonds is 4. The quantitative estimate of drug-likeness (QED) is 0.856. The van der Waals surface area contributed by atoms with E-state index in [1.807, 2.05) is 11.0 Å². The van der Waals surface area contributed by atoms with Crippen LogP contribution < -0.4 is 5.32 Å². The van der Waals surface area contributed by atoms with E-state index in [2.05, 4.69) is 17.4 Å². The van der Waals surface area contributed by atoms with Crippen molar-refractivity contribution in [2.45, 2.75) is 70.3 Å². The Morgan fingerprint density at radius 1 is 1.11 bits per heavy atom. The number of fused-ring (bicyclic) bond motifs is 1. The second-order valence-corrected chi connectivity index (χ2v) is 8.57. The molecule has 1 heterocycles. The van der Waals surface area contributed by atoms with Crippen LogP contribution >= 0.6 is 0 Å². The SMILES string of the molecule is O=C(CCC(=O)N1CCC[C@]2(CCC[C@H]2O)C1)Nc1ccc2c(c1)CCC2. The number of aryl methyl sites for hydroxylation is 2. The van der Waals surface area contributed by atoms with Crippen LogP contribution in [0.2, 0.25) is 0 Å². The molecule has 1 saturated heterocycles. The van der Waals surface area contributed by atoms with E-state index in [9.17, 15) is 14.7 Å². The Balaban J connectivity index is 1.28. The van der Waals surface area contributed by atoms with Crippen LogP contribution in [0.1, 0.15) is 62.5 Å². The third kappa shape index (κ3) is 3.88. The number of benzene rings is 1. The fourth-order valence-electron chi connectivity index (χ4n) is 5.22. The van der Waals surface area contributed by atoms with Crippen molar-refractivity contribution < 1.29 is 14.7 Å². The summed E-state index contributed by atoms with van der Waals surface area (Å²) in [6.07, 6.45) is 8.44. The number of carbonyl (C=O) groups excluding carboxylic acids is 2. The number of hydrogen-bond donors (Lipinski definition) is 2. The van der Waals surface area contributed by atoms with Crippen LogP contribution in [0.5, 0.6) is 0 Å². The molecule has 4 rings (SSSR count). The molecule has 1 aromatic carbocycles. The average Bonchev–Trinajstić information content (AvgIpc) is 3.26. The normalized spacial score (nSPS) is 27.0. The predicted molar refractivity (Wildman–Crippen MR) is 104 cm³/mol. The number of hydrogen-bond acceptors (Lipinski definition) is 3. The molecule has 2 fully saturated rings. The molecule has 2 aliphatic carbocycles. The zero-order valence-corrected chi connectivity index (χ0v) is 16.0. The van der Waals surface area contributed by atoms with Gasteiger partial charge in [-0.15, -0.1) is 0 Å². The number of likely N-dealkylation sites (tertiary alicyclic amines) is 1. The molecule has 0 radical (unpaired) electrons. The predicted octanol–water partition coefficient (Wildman–Crippen LogP) is 3.05. The van der Waals surface area contributed by atoms with Crippen molar-refractivity contribution in [1.82, 2.24) is 4.90 Å². The summed E-state index contributed by atoms with van der Waals surface area (Å²) in [7, 11) is 0. The van der Waals surface area contributed by atoms with Gasteiger partial charge in [0.1, 0.15) is 0 Å². The Kier molecular flexibility index (Phi) is 5.22. The van der Waals surface area contributed by atoms with Crippen molar-refractivity contribution in [1.29, 1.82) is 0 Å². The van der Waals surface area contributed by atoms with Gasteiger partial charge in [0.05, 0.1) is 6.10 Å². The topological polar surface area (TPSA) is 69.6 Å². The Bertz CT molecular complexity index is 732. The highest BCUT2D eigenvalue weighted by atomic mass is 16.3. The molecule has 1 spiro atoms. The van der Waals surface area contributed by atoms with Crippen molar-refractivity contribution >= 4 is 17.5 Å². The minimum absolute atomic E-state index is 0.0391. The van der Waals surface area contributed by atoms with Gasteiger partial charge in [0.25, 0.3) is 0 Å². The first-order valence-electron chi connectivity index (χ1n) is 10.4. The van der Waals surface area contributed by atoms with Crippen LogP contribution in [-0.2, 0) is 22.4 Å². The van der Waals surface area contributed by atoms with Crippen LogP contribution in [0.3, 0.4) is 0 Å². The van der Waals surface area contributed by atoms with Crippen molar-refractivity contribution in [3.63, 3.8) is 0 Å². The molecular weight excluding hydrogens is 340 g/mol. The second-order valence-electron chi connectivity index (χ2n) is 8.57. The van der Waals surface area contributed by atoms with E-state index < -0.39 is 0 Å². The van der Waals surface area contributed by atoms with Gasteiger partial charge >= 0.3 is 0 Å². The fraction of sp³-hybridized carbons (Fsp3) is 0.636. The van der Waals surface area contributed by atoms with Crippen LogP contribution in [0.4, 0.5) is 5.69 Å². The van der Waals surface area contributed by atoms with Crippen molar-refractivity contribution in [3.8, 4) is 0 Å². The second kappa shape index (κ2) is 7.63. The highest BCUT2D eigenvalue weighted by Crippen LogP contribution is 2.45. The maximum atomic E-state index is 12.6. The van der Waals surface area contributed by atoms with Crippen LogP contribution in [0, 0.1) is 5.41 Å². The number of anilines is 1. The van der Waals surface area contributed by atoms with Gasteiger partial charge in [0.2, 0.25) is 11.8 Å². The first kappa shape index (κ1) is 18.5. The summed E-state index contributed by atoms with van der Waals surface area (Å²) in [4.78, 5) is 26.8. The van der Waals surface area contributed by atoms with Crippen molar-refractivity contribution in [3.05, 3.63) is 29.3 Å². The van der Waals surface area contributed by atoms with Gasteiger partial charge in [-0.05, 0) is 68.2 Å². The molecule has 0 bridgehead atoms. The molecule has 2 N–H and O–H groups in total. The number of piperidine rings is 1. The van der Waals surface area contributed by atoms with Gasteiger partial charge in [-0.1, -0.05) is 12.5 Å². The maximum absolute atomic E-state index is 12.6. The molecule has 5 nitrogen and oxygen atoms in total. The first-order valence-corrected chi connectivity index (χ1v) is 10.4. The zero-order valence-electron chi connectivity index (χ0n) is 16.0. The van der Waals surface area contributed by atoms with Gasteiger partial charge in [0.15, 0.2) is 0 Å². The monoisotopic (exact) mass is 370 g/mol. The number of carbonyl (C=O) groups is 2. The summed E-state index contributed by atoms with van der Waals surface area (Å²) in [5.74, 6) is -0.0637. The van der Waals surface area contributed by atoms with E-state index in [0.29, 0.717) is 6.54 Å². The smallest absolute Gasteiger partial charge is 0.224 e. The molecule has 2 atom stereocenters. The zero-order chi connectivity index (χ0) is 18.9. The standard InChI is InChI=1S/C22H30N2O3/c25-19-6-2-11-22(19)12-3-13-24(15-22)21(27)10-9-20(26)23-18-8-7-16-4-1-5-17(16)14-18/h7-8,14,19,25H,1-6,9-13,15H2,(H,23,26)/t19-,22-/m1/s1. The van der Waals surface area contributed by atoms with Crippen LogP contribution in [0.15, 0.2) is 18.2 Å². The van der Waals surface area contributed by atoms with Crippen LogP contribution in [0.25, 0.3) is 0 Å². The molecule has 1 saturated carbocycles. The summed E-state index contributed by atoms with van der Waals surface area (Å²) >= 11 is 0.